The molecule has 0 bridgehead atoms. The molecule has 2 aromatic rings. The van der Waals surface area contributed by atoms with Crippen molar-refractivity contribution in [3.63, 3.8) is 0 Å². The summed E-state index contributed by atoms with van der Waals surface area (Å²) < 4.78 is 16.6. The highest BCUT2D eigenvalue weighted by Gasteiger charge is 2.11. The Morgan fingerprint density at radius 1 is 1.28 bits per heavy atom. The van der Waals surface area contributed by atoms with Crippen LogP contribution >= 0.6 is 30.7 Å². The average Bonchev–Trinajstić information content (AvgIpc) is 2.57. The lowest BCUT2D eigenvalue weighted by molar-refractivity contribution is -0.144. The summed E-state index contributed by atoms with van der Waals surface area (Å²) in [7, 11) is -3.08. The summed E-state index contributed by atoms with van der Waals surface area (Å²) in [6.07, 6.45) is 2.42. The van der Waals surface area contributed by atoms with Gasteiger partial charge in [-0.1, -0.05) is 35.5 Å². The van der Waals surface area contributed by atoms with Gasteiger partial charge in [0.25, 0.3) is 0 Å². The van der Waals surface area contributed by atoms with Crippen LogP contribution in [0.3, 0.4) is 0 Å². The van der Waals surface area contributed by atoms with Gasteiger partial charge in [-0.3, -0.25) is 9.36 Å². The molecular formula is C17H19ClNO4PS. The SMILES string of the molecule is CP(=O)(O)CSc1cc(CCC(=O)OCc2ccc(Cl)cc2)ccn1. The molecule has 2 rings (SSSR count). The highest BCUT2D eigenvalue weighted by atomic mass is 35.5. The van der Waals surface area contributed by atoms with E-state index in [1.54, 1.807) is 18.3 Å². The number of rotatable bonds is 8. The van der Waals surface area contributed by atoms with Crippen molar-refractivity contribution < 1.29 is 19.0 Å². The van der Waals surface area contributed by atoms with Crippen LogP contribution in [-0.4, -0.2) is 28.0 Å². The molecule has 1 aromatic carbocycles. The van der Waals surface area contributed by atoms with Gasteiger partial charge < -0.3 is 9.63 Å². The van der Waals surface area contributed by atoms with Crippen LogP contribution in [-0.2, 0) is 27.1 Å². The number of hydrogen-bond donors (Lipinski definition) is 1. The smallest absolute Gasteiger partial charge is 0.306 e. The maximum absolute atomic E-state index is 11.9. The van der Waals surface area contributed by atoms with Crippen molar-refractivity contribution in [2.24, 2.45) is 0 Å². The Balaban J connectivity index is 1.79. The van der Waals surface area contributed by atoms with Crippen molar-refractivity contribution >= 4 is 36.7 Å². The van der Waals surface area contributed by atoms with Crippen LogP contribution in [0.5, 0.6) is 0 Å². The summed E-state index contributed by atoms with van der Waals surface area (Å²) in [6.45, 7) is 1.54. The van der Waals surface area contributed by atoms with Crippen molar-refractivity contribution in [2.45, 2.75) is 24.5 Å². The number of halogens is 1. The lowest BCUT2D eigenvalue weighted by atomic mass is 10.1. The number of ether oxygens (including phenoxy) is 1. The van der Waals surface area contributed by atoms with Gasteiger partial charge in [0, 0.05) is 24.3 Å². The summed E-state index contributed by atoms with van der Waals surface area (Å²) in [6, 6.07) is 10.8. The van der Waals surface area contributed by atoms with E-state index in [1.165, 1.54) is 18.4 Å². The third kappa shape index (κ3) is 8.06. The number of carbonyl (C=O) groups excluding carboxylic acids is 1. The number of nitrogens with zero attached hydrogens (tertiary/aromatic N) is 1. The zero-order valence-electron chi connectivity index (χ0n) is 13.7. The zero-order valence-corrected chi connectivity index (χ0v) is 16.2. The van der Waals surface area contributed by atoms with Crippen LogP contribution in [0.4, 0.5) is 0 Å². The van der Waals surface area contributed by atoms with Crippen LogP contribution in [0.1, 0.15) is 17.5 Å². The molecule has 1 N–H and O–H groups in total. The van der Waals surface area contributed by atoms with Crippen molar-refractivity contribution in [1.29, 1.82) is 0 Å². The Labute approximate surface area is 156 Å². The predicted octanol–water partition coefficient (Wildman–Crippen LogP) is 4.36. The van der Waals surface area contributed by atoms with Crippen LogP contribution < -0.4 is 0 Å². The Kier molecular flexibility index (Phi) is 7.51. The maximum atomic E-state index is 11.9. The molecule has 0 radical (unpaired) electrons. The van der Waals surface area contributed by atoms with Gasteiger partial charge in [0.1, 0.15) is 6.61 Å². The number of hydrogen-bond acceptors (Lipinski definition) is 5. The lowest BCUT2D eigenvalue weighted by Gasteiger charge is -2.07. The predicted molar refractivity (Wildman–Crippen MR) is 100 cm³/mol. The molecule has 134 valence electrons. The molecule has 25 heavy (non-hydrogen) atoms. The quantitative estimate of drug-likeness (QED) is 0.403. The molecule has 0 saturated carbocycles. The number of aromatic nitrogens is 1. The van der Waals surface area contributed by atoms with Crippen molar-refractivity contribution in [3.8, 4) is 0 Å². The number of benzene rings is 1. The largest absolute Gasteiger partial charge is 0.461 e. The van der Waals surface area contributed by atoms with Crippen LogP contribution in [0.25, 0.3) is 0 Å². The fourth-order valence-electron chi connectivity index (χ4n) is 1.93. The Morgan fingerprint density at radius 3 is 2.68 bits per heavy atom. The molecule has 1 atom stereocenters. The highest BCUT2D eigenvalue weighted by molar-refractivity contribution is 8.04. The van der Waals surface area contributed by atoms with Gasteiger partial charge in [-0.05, 0) is 41.8 Å². The fraction of sp³-hybridized carbons (Fsp3) is 0.294. The van der Waals surface area contributed by atoms with Gasteiger partial charge in [0.2, 0.25) is 7.37 Å². The fourth-order valence-corrected chi connectivity index (χ4v) is 3.92. The topological polar surface area (TPSA) is 76.5 Å². The Morgan fingerprint density at radius 2 is 2.00 bits per heavy atom. The minimum Gasteiger partial charge on any atom is -0.461 e. The number of esters is 1. The Hall–Kier alpha value is -1.33. The average molecular weight is 400 g/mol. The lowest BCUT2D eigenvalue weighted by Crippen LogP contribution is -2.06. The molecule has 0 amide bonds. The first-order valence-electron chi connectivity index (χ1n) is 7.59. The van der Waals surface area contributed by atoms with Gasteiger partial charge in [-0.25, -0.2) is 4.98 Å². The van der Waals surface area contributed by atoms with Crippen molar-refractivity contribution in [1.82, 2.24) is 4.98 Å². The normalized spacial score (nSPS) is 13.2. The summed E-state index contributed by atoms with van der Waals surface area (Å²) in [5.74, 6) is -0.283. The summed E-state index contributed by atoms with van der Waals surface area (Å²) in [5.41, 5.74) is 1.94. The minimum atomic E-state index is -3.08. The molecule has 0 fully saturated rings. The van der Waals surface area contributed by atoms with Gasteiger partial charge in [-0.15, -0.1) is 0 Å². The summed E-state index contributed by atoms with van der Waals surface area (Å²) >= 11 is 7.04. The second kappa shape index (κ2) is 9.39. The standard InChI is InChI=1S/C17H19ClNO4PS/c1-24(21,22)12-25-16-10-13(8-9-19-16)4-7-17(20)23-11-14-2-5-15(18)6-3-14/h2-3,5-6,8-10H,4,7,11-12H2,1H3,(H,21,22). The van der Waals surface area contributed by atoms with E-state index in [-0.39, 0.29) is 24.5 Å². The van der Waals surface area contributed by atoms with E-state index < -0.39 is 7.37 Å². The third-order valence-electron chi connectivity index (χ3n) is 3.18. The monoisotopic (exact) mass is 399 g/mol. The molecule has 1 heterocycles. The molecule has 1 aromatic heterocycles. The van der Waals surface area contributed by atoms with Crippen molar-refractivity contribution in [3.05, 3.63) is 58.7 Å². The number of carbonyl (C=O) groups is 1. The van der Waals surface area contributed by atoms with E-state index in [0.717, 1.165) is 11.1 Å². The van der Waals surface area contributed by atoms with Crippen LogP contribution in [0.15, 0.2) is 47.6 Å². The number of thioether (sulfide) groups is 1. The number of pyridine rings is 1. The molecule has 8 heteroatoms. The molecular weight excluding hydrogens is 381 g/mol. The number of aryl methyl sites for hydroxylation is 1. The second-order valence-electron chi connectivity index (χ2n) is 5.61. The Bertz CT molecular complexity index is 763. The molecule has 1 unspecified atom stereocenters. The first-order chi connectivity index (χ1) is 11.8. The maximum Gasteiger partial charge on any atom is 0.306 e. The van der Waals surface area contributed by atoms with E-state index in [2.05, 4.69) is 4.98 Å². The van der Waals surface area contributed by atoms with E-state index >= 15 is 0 Å². The molecule has 0 spiro atoms. The molecule has 5 nitrogen and oxygen atoms in total. The van der Waals surface area contributed by atoms with Gasteiger partial charge in [0.15, 0.2) is 0 Å². The van der Waals surface area contributed by atoms with Crippen molar-refractivity contribution in [2.75, 3.05) is 12.2 Å². The molecule has 0 saturated heterocycles. The summed E-state index contributed by atoms with van der Waals surface area (Å²) in [5, 5.41) is 1.31. The van der Waals surface area contributed by atoms with E-state index in [9.17, 15) is 14.3 Å². The van der Waals surface area contributed by atoms with E-state index in [1.807, 2.05) is 24.3 Å². The van der Waals surface area contributed by atoms with Gasteiger partial charge >= 0.3 is 5.97 Å². The van der Waals surface area contributed by atoms with E-state index in [4.69, 9.17) is 16.3 Å². The van der Waals surface area contributed by atoms with Crippen LogP contribution in [0, 0.1) is 0 Å². The molecule has 0 aliphatic heterocycles. The molecule has 0 aliphatic rings. The van der Waals surface area contributed by atoms with Crippen LogP contribution in [0.2, 0.25) is 5.02 Å². The zero-order chi connectivity index (χ0) is 18.3. The third-order valence-corrected chi connectivity index (χ3v) is 6.39. The highest BCUT2D eigenvalue weighted by Crippen LogP contribution is 2.41. The minimum absolute atomic E-state index is 0.118. The van der Waals surface area contributed by atoms with E-state index in [0.29, 0.717) is 16.5 Å². The first kappa shape index (κ1) is 20.0. The van der Waals surface area contributed by atoms with Gasteiger partial charge in [0.05, 0.1) is 10.5 Å². The molecule has 0 aliphatic carbocycles. The second-order valence-corrected chi connectivity index (χ2v) is 9.89. The first-order valence-corrected chi connectivity index (χ1v) is 11.2. The summed E-state index contributed by atoms with van der Waals surface area (Å²) in [4.78, 5) is 25.3. The van der Waals surface area contributed by atoms with Gasteiger partial charge in [-0.2, -0.15) is 0 Å².